The normalized spacial score (nSPS) is 25.0. The molecule has 0 unspecified atom stereocenters. The van der Waals surface area contributed by atoms with Crippen LogP contribution in [0.1, 0.15) is 36.8 Å². The second-order valence-corrected chi connectivity index (χ2v) is 12.4. The minimum Gasteiger partial charge on any atom is -0.373 e. The van der Waals surface area contributed by atoms with E-state index < -0.39 is 33.9 Å². The highest BCUT2D eigenvalue weighted by Gasteiger charge is 2.45. The molecular weight excluding hydrogens is 537 g/mol. The summed E-state index contributed by atoms with van der Waals surface area (Å²) in [6, 6.07) is 4.01. The van der Waals surface area contributed by atoms with Crippen LogP contribution in [0.3, 0.4) is 0 Å². The second-order valence-electron chi connectivity index (χ2n) is 10.5. The molecule has 3 fully saturated rings. The predicted molar refractivity (Wildman–Crippen MR) is 136 cm³/mol. The lowest BCUT2D eigenvalue weighted by molar-refractivity contribution is -0.142. The van der Waals surface area contributed by atoms with Gasteiger partial charge in [0.25, 0.3) is 10.2 Å². The number of hydrogen-bond donors (Lipinski definition) is 2. The summed E-state index contributed by atoms with van der Waals surface area (Å²) in [6.07, 6.45) is 1.55. The monoisotopic (exact) mass is 570 g/mol. The lowest BCUT2D eigenvalue weighted by atomic mass is 9.97. The highest BCUT2D eigenvalue weighted by Crippen LogP contribution is 2.30. The van der Waals surface area contributed by atoms with Crippen LogP contribution in [-0.4, -0.2) is 90.1 Å². The lowest BCUT2D eigenvalue weighted by Gasteiger charge is -2.45. The summed E-state index contributed by atoms with van der Waals surface area (Å²) in [4.78, 5) is 30.0. The van der Waals surface area contributed by atoms with Crippen molar-refractivity contribution in [3.8, 4) is 0 Å². The molecule has 0 saturated carbocycles. The number of rotatable bonds is 7. The van der Waals surface area contributed by atoms with Crippen LogP contribution in [0.2, 0.25) is 0 Å². The Kier molecular flexibility index (Phi) is 7.80. The molecular formula is C25H33F3N6O4S. The summed E-state index contributed by atoms with van der Waals surface area (Å²) < 4.78 is 67.7. The topological polar surface area (TPSA) is 105 Å². The van der Waals surface area contributed by atoms with Gasteiger partial charge in [0, 0.05) is 51.7 Å². The van der Waals surface area contributed by atoms with E-state index >= 15 is 0 Å². The average Bonchev–Trinajstić information content (AvgIpc) is 3.58. The number of hydrogen-bond acceptors (Lipinski definition) is 6. The third kappa shape index (κ3) is 5.87. The van der Waals surface area contributed by atoms with E-state index in [9.17, 15) is 31.2 Å². The largest absolute Gasteiger partial charge is 0.416 e. The number of benzene rings is 1. The maximum absolute atomic E-state index is 13.5. The number of carbonyl (C=O) groups is 2. The number of nitrogens with one attached hydrogen (secondary N) is 2. The highest BCUT2D eigenvalue weighted by atomic mass is 32.2. The molecule has 3 saturated heterocycles. The molecule has 14 heteroatoms. The van der Waals surface area contributed by atoms with Crippen LogP contribution in [0.5, 0.6) is 0 Å². The van der Waals surface area contributed by atoms with E-state index in [1.807, 2.05) is 12.4 Å². The number of alkyl halides is 3. The van der Waals surface area contributed by atoms with E-state index in [2.05, 4.69) is 15.5 Å². The Labute approximate surface area is 226 Å². The van der Waals surface area contributed by atoms with Gasteiger partial charge < -0.3 is 20.4 Å². The summed E-state index contributed by atoms with van der Waals surface area (Å²) in [5, 5.41) is 5.81. The quantitative estimate of drug-likeness (QED) is 0.512. The Morgan fingerprint density at radius 2 is 1.72 bits per heavy atom. The molecule has 0 radical (unpaired) electrons. The van der Waals surface area contributed by atoms with Gasteiger partial charge in [-0.05, 0) is 43.4 Å². The summed E-state index contributed by atoms with van der Waals surface area (Å²) in [5.41, 5.74) is -0.241. The zero-order valence-electron chi connectivity index (χ0n) is 21.4. The molecule has 1 aromatic rings. The van der Waals surface area contributed by atoms with Crippen LogP contribution in [0.4, 0.5) is 13.2 Å². The molecule has 2 N–H and O–H groups in total. The molecule has 0 aromatic heterocycles. The molecule has 2 atom stereocenters. The molecule has 4 aliphatic rings. The van der Waals surface area contributed by atoms with Crippen LogP contribution < -0.4 is 10.6 Å². The van der Waals surface area contributed by atoms with E-state index in [0.717, 1.165) is 12.1 Å². The fourth-order valence-corrected chi connectivity index (χ4v) is 7.37. The van der Waals surface area contributed by atoms with Crippen molar-refractivity contribution in [2.45, 2.75) is 50.5 Å². The Balaban J connectivity index is 1.15. The van der Waals surface area contributed by atoms with Gasteiger partial charge in [-0.25, -0.2) is 0 Å². The smallest absolute Gasteiger partial charge is 0.373 e. The van der Waals surface area contributed by atoms with Crippen molar-refractivity contribution in [3.63, 3.8) is 0 Å². The maximum Gasteiger partial charge on any atom is 0.416 e. The molecule has 10 nitrogen and oxygen atoms in total. The number of piperidine rings is 1. The van der Waals surface area contributed by atoms with Crippen molar-refractivity contribution in [1.82, 2.24) is 29.0 Å². The summed E-state index contributed by atoms with van der Waals surface area (Å²) in [5.74, 6) is -1.12. The molecule has 4 heterocycles. The van der Waals surface area contributed by atoms with Gasteiger partial charge >= 0.3 is 6.18 Å². The van der Waals surface area contributed by atoms with E-state index in [-0.39, 0.29) is 30.9 Å². The first-order valence-corrected chi connectivity index (χ1v) is 14.6. The fraction of sp³-hybridized carbons (Fsp3) is 0.600. The zero-order valence-corrected chi connectivity index (χ0v) is 22.3. The van der Waals surface area contributed by atoms with Gasteiger partial charge in [-0.1, -0.05) is 12.1 Å². The van der Waals surface area contributed by atoms with Crippen molar-refractivity contribution in [2.24, 2.45) is 5.92 Å². The first-order chi connectivity index (χ1) is 18.5. The lowest BCUT2D eigenvalue weighted by Crippen LogP contribution is -2.63. The minimum atomic E-state index is -4.43. The fourth-order valence-electron chi connectivity index (χ4n) is 5.60. The van der Waals surface area contributed by atoms with Crippen LogP contribution in [0, 0.1) is 5.92 Å². The first kappa shape index (κ1) is 27.7. The molecule has 1 aromatic carbocycles. The Morgan fingerprint density at radius 3 is 2.38 bits per heavy atom. The van der Waals surface area contributed by atoms with Gasteiger partial charge in [-0.3, -0.25) is 9.59 Å². The molecule has 0 aliphatic carbocycles. The predicted octanol–water partition coefficient (Wildman–Crippen LogP) is 1.29. The summed E-state index contributed by atoms with van der Waals surface area (Å²) >= 11 is 0. The van der Waals surface area contributed by atoms with Crippen molar-refractivity contribution in [2.75, 3.05) is 39.4 Å². The molecule has 0 bridgehead atoms. The van der Waals surface area contributed by atoms with Crippen molar-refractivity contribution in [1.29, 1.82) is 0 Å². The number of halogens is 3. The third-order valence-corrected chi connectivity index (χ3v) is 9.86. The van der Waals surface area contributed by atoms with E-state index in [1.54, 1.807) is 0 Å². The van der Waals surface area contributed by atoms with Crippen LogP contribution >= 0.6 is 0 Å². The molecule has 0 spiro atoms. The van der Waals surface area contributed by atoms with Crippen LogP contribution in [-0.2, 0) is 32.5 Å². The molecule has 4 aliphatic heterocycles. The van der Waals surface area contributed by atoms with Gasteiger partial charge in [0.15, 0.2) is 0 Å². The Morgan fingerprint density at radius 1 is 1.00 bits per heavy atom. The van der Waals surface area contributed by atoms with Crippen molar-refractivity contribution >= 4 is 22.0 Å². The van der Waals surface area contributed by atoms with Gasteiger partial charge in [0.1, 0.15) is 6.04 Å². The number of amides is 2. The zero-order chi connectivity index (χ0) is 27.8. The van der Waals surface area contributed by atoms with Crippen molar-refractivity contribution < 1.29 is 31.2 Å². The summed E-state index contributed by atoms with van der Waals surface area (Å²) in [6.45, 7) is 2.36. The molecule has 5 rings (SSSR count). The number of carbonyl (C=O) groups excluding carboxylic acids is 2. The Hall–Kier alpha value is -2.84. The molecule has 214 valence electrons. The van der Waals surface area contributed by atoms with Crippen molar-refractivity contribution in [3.05, 3.63) is 47.8 Å². The molecule has 2 amide bonds. The van der Waals surface area contributed by atoms with Gasteiger partial charge in [-0.2, -0.15) is 30.2 Å². The van der Waals surface area contributed by atoms with Crippen LogP contribution in [0.25, 0.3) is 0 Å². The third-order valence-electron chi connectivity index (χ3n) is 7.93. The van der Waals surface area contributed by atoms with E-state index in [0.29, 0.717) is 64.1 Å². The SMILES string of the molecule is O=C(NCc1ccc(C(F)(F)F)cc1)[C@H]1CCCN1C(=O)[C@H]1CCCN(S(=O)(=O)N2CC(N3C=CNC3)C2)C1. The van der Waals surface area contributed by atoms with Gasteiger partial charge in [0.05, 0.1) is 24.2 Å². The Bertz CT molecular complexity index is 1200. The van der Waals surface area contributed by atoms with Crippen LogP contribution in [0.15, 0.2) is 36.7 Å². The van der Waals surface area contributed by atoms with Gasteiger partial charge in [-0.15, -0.1) is 0 Å². The average molecular weight is 571 g/mol. The highest BCUT2D eigenvalue weighted by molar-refractivity contribution is 7.86. The number of likely N-dealkylation sites (tertiary alicyclic amines) is 1. The standard InChI is InChI=1S/C25H33F3N6O4S/c26-25(27,28)20-7-5-18(6-8-20)13-30-23(35)22-4-2-11-34(22)24(36)19-3-1-10-32(14-19)39(37,38)33-15-21(16-33)31-12-9-29-17-31/h5-9,12,19,21-22,29H,1-4,10-11,13-17H2,(H,30,35)/t19-,22+/m0/s1. The first-order valence-electron chi connectivity index (χ1n) is 13.2. The maximum atomic E-state index is 13.5. The van der Waals surface area contributed by atoms with E-state index in [4.69, 9.17) is 0 Å². The van der Waals surface area contributed by atoms with E-state index in [1.165, 1.54) is 25.6 Å². The summed E-state index contributed by atoms with van der Waals surface area (Å²) in [7, 11) is -3.68. The van der Waals surface area contributed by atoms with Gasteiger partial charge in [0.2, 0.25) is 11.8 Å². The number of nitrogens with zero attached hydrogens (tertiary/aromatic N) is 4. The molecule has 39 heavy (non-hydrogen) atoms. The minimum absolute atomic E-state index is 0.0467. The second kappa shape index (κ2) is 11.0.